The largest absolute Gasteiger partial charge is 0.465 e. The van der Waals surface area contributed by atoms with Gasteiger partial charge in [0.25, 0.3) is 0 Å². The van der Waals surface area contributed by atoms with Crippen molar-refractivity contribution in [3.05, 3.63) is 53.5 Å². The number of thioether (sulfide) groups is 1. The average molecular weight is 343 g/mol. The van der Waals surface area contributed by atoms with E-state index in [1.54, 1.807) is 11.8 Å². The van der Waals surface area contributed by atoms with E-state index in [-0.39, 0.29) is 5.92 Å². The number of rotatable bonds is 6. The maximum Gasteiger partial charge on any atom is 0.168 e. The van der Waals surface area contributed by atoms with Gasteiger partial charge in [-0.1, -0.05) is 25.1 Å². The summed E-state index contributed by atoms with van der Waals surface area (Å²) < 4.78 is 5.82. The number of carbonyl (C=O) groups excluding carboxylic acids is 1. The lowest BCUT2D eigenvalue weighted by atomic mass is 9.90. The quantitative estimate of drug-likeness (QED) is 0.564. The SMILES string of the molecule is CCc1ccc(CN2CCC[C@H](C(=O)c3ccccc3SC)C2)o1. The van der Waals surface area contributed by atoms with E-state index in [1.807, 2.05) is 30.5 Å². The molecule has 0 radical (unpaired) electrons. The highest BCUT2D eigenvalue weighted by Crippen LogP contribution is 2.27. The molecule has 24 heavy (non-hydrogen) atoms. The minimum atomic E-state index is 0.0904. The van der Waals surface area contributed by atoms with Crippen LogP contribution in [0.4, 0.5) is 0 Å². The first-order valence-electron chi connectivity index (χ1n) is 8.68. The zero-order chi connectivity index (χ0) is 16.9. The minimum Gasteiger partial charge on any atom is -0.465 e. The molecule has 1 aromatic heterocycles. The van der Waals surface area contributed by atoms with E-state index in [2.05, 4.69) is 24.0 Å². The summed E-state index contributed by atoms with van der Waals surface area (Å²) in [6.45, 7) is 4.76. The predicted molar refractivity (Wildman–Crippen MR) is 98.6 cm³/mol. The van der Waals surface area contributed by atoms with E-state index in [4.69, 9.17) is 4.42 Å². The highest BCUT2D eigenvalue weighted by atomic mass is 32.2. The number of hydrogen-bond acceptors (Lipinski definition) is 4. The second kappa shape index (κ2) is 8.04. The lowest BCUT2D eigenvalue weighted by Crippen LogP contribution is -2.38. The molecule has 0 amide bonds. The Morgan fingerprint density at radius 2 is 2.04 bits per heavy atom. The Bertz CT molecular complexity index is 694. The molecule has 0 spiro atoms. The summed E-state index contributed by atoms with van der Waals surface area (Å²) in [4.78, 5) is 16.4. The molecule has 4 heteroatoms. The fourth-order valence-electron chi connectivity index (χ4n) is 3.40. The second-order valence-corrected chi connectivity index (χ2v) is 7.21. The Morgan fingerprint density at radius 1 is 1.25 bits per heavy atom. The van der Waals surface area contributed by atoms with Gasteiger partial charge in [0.2, 0.25) is 0 Å². The molecular weight excluding hydrogens is 318 g/mol. The van der Waals surface area contributed by atoms with Crippen molar-refractivity contribution in [3.63, 3.8) is 0 Å². The highest BCUT2D eigenvalue weighted by Gasteiger charge is 2.28. The first-order valence-corrected chi connectivity index (χ1v) is 9.91. The summed E-state index contributed by atoms with van der Waals surface area (Å²) >= 11 is 1.65. The van der Waals surface area contributed by atoms with Gasteiger partial charge >= 0.3 is 0 Å². The molecule has 1 atom stereocenters. The maximum absolute atomic E-state index is 13.0. The number of hydrogen-bond donors (Lipinski definition) is 0. The number of carbonyl (C=O) groups is 1. The normalized spacial score (nSPS) is 18.7. The van der Waals surface area contributed by atoms with Crippen LogP contribution in [0.3, 0.4) is 0 Å². The molecule has 2 heterocycles. The summed E-state index contributed by atoms with van der Waals surface area (Å²) in [5.74, 6) is 2.42. The number of aryl methyl sites for hydroxylation is 1. The van der Waals surface area contributed by atoms with Gasteiger partial charge in [0.1, 0.15) is 11.5 Å². The van der Waals surface area contributed by atoms with Gasteiger partial charge in [-0.25, -0.2) is 0 Å². The zero-order valence-corrected chi connectivity index (χ0v) is 15.3. The van der Waals surface area contributed by atoms with Crippen molar-refractivity contribution in [2.45, 2.75) is 37.6 Å². The van der Waals surface area contributed by atoms with Gasteiger partial charge < -0.3 is 4.42 Å². The first kappa shape index (κ1) is 17.3. The van der Waals surface area contributed by atoms with Crippen molar-refractivity contribution in [2.75, 3.05) is 19.3 Å². The number of piperidine rings is 1. The van der Waals surface area contributed by atoms with Crippen molar-refractivity contribution in [1.29, 1.82) is 0 Å². The Balaban J connectivity index is 1.67. The van der Waals surface area contributed by atoms with Gasteiger partial charge in [-0.2, -0.15) is 0 Å². The predicted octanol–water partition coefficient (Wildman–Crippen LogP) is 4.66. The first-order chi connectivity index (χ1) is 11.7. The average Bonchev–Trinajstić information content (AvgIpc) is 3.09. The van der Waals surface area contributed by atoms with Crippen LogP contribution in [0.2, 0.25) is 0 Å². The standard InChI is InChI=1S/C20H25NO2S/c1-3-16-10-11-17(23-16)14-21-12-6-7-15(13-21)20(22)18-8-4-5-9-19(18)24-2/h4-5,8-11,15H,3,6-7,12-14H2,1-2H3/t15-/m0/s1. The van der Waals surface area contributed by atoms with E-state index in [0.29, 0.717) is 5.78 Å². The van der Waals surface area contributed by atoms with E-state index in [9.17, 15) is 4.79 Å². The van der Waals surface area contributed by atoms with Crippen LogP contribution in [0.1, 0.15) is 41.6 Å². The van der Waals surface area contributed by atoms with Crippen LogP contribution in [-0.4, -0.2) is 30.0 Å². The third kappa shape index (κ3) is 3.93. The summed E-state index contributed by atoms with van der Waals surface area (Å²) in [7, 11) is 0. The molecular formula is C20H25NO2S. The van der Waals surface area contributed by atoms with Crippen molar-refractivity contribution >= 4 is 17.5 Å². The fourth-order valence-corrected chi connectivity index (χ4v) is 4.00. The number of furan rings is 1. The molecule has 0 unspecified atom stereocenters. The van der Waals surface area contributed by atoms with Crippen LogP contribution in [0.25, 0.3) is 0 Å². The van der Waals surface area contributed by atoms with Crippen LogP contribution >= 0.6 is 11.8 Å². The molecule has 128 valence electrons. The molecule has 1 aliphatic heterocycles. The summed E-state index contributed by atoms with van der Waals surface area (Å²) in [5, 5.41) is 0. The molecule has 3 rings (SSSR count). The lowest BCUT2D eigenvalue weighted by Gasteiger charge is -2.31. The monoisotopic (exact) mass is 343 g/mol. The van der Waals surface area contributed by atoms with E-state index in [1.165, 1.54) is 0 Å². The molecule has 0 N–H and O–H groups in total. The third-order valence-corrected chi connectivity index (χ3v) is 5.49. The third-order valence-electron chi connectivity index (χ3n) is 4.69. The zero-order valence-electron chi connectivity index (χ0n) is 14.5. The summed E-state index contributed by atoms with van der Waals surface area (Å²) in [6, 6.07) is 12.1. The molecule has 1 fully saturated rings. The molecule has 2 aromatic rings. The molecule has 1 saturated heterocycles. The smallest absolute Gasteiger partial charge is 0.168 e. The van der Waals surface area contributed by atoms with Gasteiger partial charge in [0.05, 0.1) is 6.54 Å². The lowest BCUT2D eigenvalue weighted by molar-refractivity contribution is 0.0799. The number of Topliss-reactive ketones (excluding diaryl/α,β-unsaturated/α-hetero) is 1. The molecule has 1 aliphatic rings. The van der Waals surface area contributed by atoms with Crippen LogP contribution in [-0.2, 0) is 13.0 Å². The molecule has 1 aromatic carbocycles. The van der Waals surface area contributed by atoms with Crippen molar-refractivity contribution in [3.8, 4) is 0 Å². The number of benzene rings is 1. The molecule has 0 bridgehead atoms. The summed E-state index contributed by atoms with van der Waals surface area (Å²) in [6.07, 6.45) is 5.00. The van der Waals surface area contributed by atoms with Gasteiger partial charge in [-0.15, -0.1) is 11.8 Å². The fraction of sp³-hybridized carbons (Fsp3) is 0.450. The van der Waals surface area contributed by atoms with Gasteiger partial charge in [-0.05, 0) is 43.8 Å². The van der Waals surface area contributed by atoms with Crippen LogP contribution in [0.5, 0.6) is 0 Å². The Labute approximate surface area is 148 Å². The van der Waals surface area contributed by atoms with E-state index >= 15 is 0 Å². The van der Waals surface area contributed by atoms with Crippen LogP contribution in [0.15, 0.2) is 45.7 Å². The molecule has 3 nitrogen and oxygen atoms in total. The number of nitrogens with zero attached hydrogens (tertiary/aromatic N) is 1. The van der Waals surface area contributed by atoms with Crippen LogP contribution < -0.4 is 0 Å². The van der Waals surface area contributed by atoms with Gasteiger partial charge in [-0.3, -0.25) is 9.69 Å². The van der Waals surface area contributed by atoms with E-state index in [0.717, 1.165) is 60.9 Å². The Hall–Kier alpha value is -1.52. The van der Waals surface area contributed by atoms with Gasteiger partial charge in [0.15, 0.2) is 5.78 Å². The topological polar surface area (TPSA) is 33.5 Å². The van der Waals surface area contributed by atoms with Crippen molar-refractivity contribution < 1.29 is 9.21 Å². The van der Waals surface area contributed by atoms with Crippen molar-refractivity contribution in [2.24, 2.45) is 5.92 Å². The second-order valence-electron chi connectivity index (χ2n) is 6.36. The number of likely N-dealkylation sites (tertiary alicyclic amines) is 1. The van der Waals surface area contributed by atoms with Gasteiger partial charge in [0, 0.05) is 29.3 Å². The molecule has 0 saturated carbocycles. The number of ketones is 1. The maximum atomic E-state index is 13.0. The van der Waals surface area contributed by atoms with Crippen molar-refractivity contribution in [1.82, 2.24) is 4.90 Å². The Kier molecular flexibility index (Phi) is 5.80. The minimum absolute atomic E-state index is 0.0904. The van der Waals surface area contributed by atoms with E-state index < -0.39 is 0 Å². The highest BCUT2D eigenvalue weighted by molar-refractivity contribution is 7.98. The molecule has 0 aliphatic carbocycles. The Morgan fingerprint density at radius 3 is 2.79 bits per heavy atom. The van der Waals surface area contributed by atoms with Crippen LogP contribution in [0, 0.1) is 5.92 Å². The summed E-state index contributed by atoms with van der Waals surface area (Å²) in [5.41, 5.74) is 0.878.